The van der Waals surface area contributed by atoms with E-state index in [2.05, 4.69) is 20.4 Å². The van der Waals surface area contributed by atoms with E-state index < -0.39 is 42.2 Å². The van der Waals surface area contributed by atoms with Crippen molar-refractivity contribution in [3.63, 3.8) is 0 Å². The predicted octanol–water partition coefficient (Wildman–Crippen LogP) is 6.43. The maximum Gasteiger partial charge on any atom is 0.416 e. The van der Waals surface area contributed by atoms with Crippen LogP contribution >= 0.6 is 0 Å². The lowest BCUT2D eigenvalue weighted by molar-refractivity contribution is -0.489. The highest BCUT2D eigenvalue weighted by Gasteiger charge is 2.44. The third kappa shape index (κ3) is 7.52. The van der Waals surface area contributed by atoms with Crippen LogP contribution in [-0.4, -0.2) is 72.3 Å². The number of ether oxygens (including phenoxy) is 1. The summed E-state index contributed by atoms with van der Waals surface area (Å²) in [6, 6.07) is 8.10. The fraction of sp³-hybridized carbons (Fsp3) is 0.529. The van der Waals surface area contributed by atoms with Gasteiger partial charge in [0.15, 0.2) is 12.1 Å². The third-order valence-corrected chi connectivity index (χ3v) is 9.71. The summed E-state index contributed by atoms with van der Waals surface area (Å²) < 4.78 is 89.9. The van der Waals surface area contributed by atoms with Gasteiger partial charge in [0.1, 0.15) is 0 Å². The summed E-state index contributed by atoms with van der Waals surface area (Å²) in [6.45, 7) is 6.06. The van der Waals surface area contributed by atoms with Crippen molar-refractivity contribution in [1.29, 1.82) is 0 Å². The van der Waals surface area contributed by atoms with E-state index in [1.165, 1.54) is 19.3 Å². The fourth-order valence-corrected chi connectivity index (χ4v) is 7.20. The Morgan fingerprint density at radius 1 is 0.894 bits per heavy atom. The van der Waals surface area contributed by atoms with Gasteiger partial charge < -0.3 is 15.0 Å². The lowest BCUT2D eigenvalue weighted by atomic mass is 9.93. The second-order valence-corrected chi connectivity index (χ2v) is 12.8. The van der Waals surface area contributed by atoms with Gasteiger partial charge in [-0.25, -0.2) is 0 Å². The van der Waals surface area contributed by atoms with Gasteiger partial charge in [-0.05, 0) is 81.1 Å². The molecule has 254 valence electrons. The normalized spacial score (nSPS) is 24.1. The van der Waals surface area contributed by atoms with Crippen LogP contribution in [0.5, 0.6) is 0 Å². The summed E-state index contributed by atoms with van der Waals surface area (Å²) in [5.74, 6) is 0.320. The number of rotatable bonds is 5. The second-order valence-electron chi connectivity index (χ2n) is 12.8. The van der Waals surface area contributed by atoms with Crippen molar-refractivity contribution in [1.82, 2.24) is 20.4 Å². The van der Waals surface area contributed by atoms with Crippen LogP contribution in [0.1, 0.15) is 59.9 Å². The number of halogens is 6. The number of aryl methyl sites for hydroxylation is 1. The first-order chi connectivity index (χ1) is 22.4. The molecule has 2 fully saturated rings. The van der Waals surface area contributed by atoms with Crippen molar-refractivity contribution in [2.24, 2.45) is 0 Å². The first kappa shape index (κ1) is 33.5. The maximum absolute atomic E-state index is 14.6. The van der Waals surface area contributed by atoms with E-state index in [1.54, 1.807) is 18.2 Å². The highest BCUT2D eigenvalue weighted by atomic mass is 19.4. The molecule has 7 nitrogen and oxygen atoms in total. The van der Waals surface area contributed by atoms with Crippen LogP contribution < -0.4 is 10.6 Å². The number of nitroso groups, excluding NO2 is 1. The molecule has 4 aliphatic rings. The molecule has 2 unspecified atom stereocenters. The lowest BCUT2D eigenvalue weighted by Gasteiger charge is -2.42. The van der Waals surface area contributed by atoms with E-state index in [1.807, 2.05) is 19.1 Å². The maximum atomic E-state index is 14.6. The van der Waals surface area contributed by atoms with E-state index in [4.69, 9.17) is 4.74 Å². The zero-order valence-electron chi connectivity index (χ0n) is 26.3. The molecular weight excluding hydrogens is 624 g/mol. The van der Waals surface area contributed by atoms with E-state index in [-0.39, 0.29) is 23.9 Å². The molecule has 13 heteroatoms. The van der Waals surface area contributed by atoms with Crippen LogP contribution in [0.25, 0.3) is 5.70 Å². The molecule has 0 amide bonds. The molecule has 0 radical (unpaired) electrons. The van der Waals surface area contributed by atoms with Gasteiger partial charge in [-0.2, -0.15) is 26.3 Å². The van der Waals surface area contributed by atoms with Crippen molar-refractivity contribution in [2.75, 3.05) is 39.4 Å². The van der Waals surface area contributed by atoms with Gasteiger partial charge >= 0.3 is 12.4 Å². The molecule has 0 aromatic heterocycles. The van der Waals surface area contributed by atoms with Gasteiger partial charge in [0.2, 0.25) is 6.04 Å². The summed E-state index contributed by atoms with van der Waals surface area (Å²) in [5.41, 5.74) is -0.978. The van der Waals surface area contributed by atoms with Crippen LogP contribution in [0.2, 0.25) is 0 Å². The monoisotopic (exact) mass is 664 g/mol. The lowest BCUT2D eigenvalue weighted by Crippen LogP contribution is -2.51. The Balaban J connectivity index is 1.38. The summed E-state index contributed by atoms with van der Waals surface area (Å²) in [4.78, 5) is 19.4. The smallest absolute Gasteiger partial charge is 0.416 e. The van der Waals surface area contributed by atoms with Gasteiger partial charge in [0.05, 0.1) is 28.9 Å². The molecule has 2 N–H and O–H groups in total. The van der Waals surface area contributed by atoms with Crippen molar-refractivity contribution >= 4 is 5.70 Å². The molecule has 2 atom stereocenters. The third-order valence-electron chi connectivity index (χ3n) is 9.71. The van der Waals surface area contributed by atoms with Crippen molar-refractivity contribution in [3.05, 3.63) is 92.7 Å². The number of piperidine rings is 2. The average molecular weight is 665 g/mol. The summed E-state index contributed by atoms with van der Waals surface area (Å²) in [7, 11) is 0. The molecule has 4 aliphatic heterocycles. The topological polar surface area (TPSA) is 59.9 Å². The van der Waals surface area contributed by atoms with Gasteiger partial charge in [-0.3, -0.25) is 10.2 Å². The Hall–Kier alpha value is -3.42. The zero-order valence-corrected chi connectivity index (χ0v) is 26.3. The zero-order chi connectivity index (χ0) is 33.3. The number of benzene rings is 2. The quantitative estimate of drug-likeness (QED) is 0.284. The van der Waals surface area contributed by atoms with Crippen LogP contribution in [0.4, 0.5) is 26.3 Å². The molecule has 2 aromatic carbocycles. The summed E-state index contributed by atoms with van der Waals surface area (Å²) >= 11 is 0. The van der Waals surface area contributed by atoms with Gasteiger partial charge in [0.25, 0.3) is 5.70 Å². The van der Waals surface area contributed by atoms with Crippen LogP contribution in [0, 0.1) is 11.8 Å². The molecule has 0 spiro atoms. The highest BCUT2D eigenvalue weighted by molar-refractivity contribution is 5.62. The number of alkyl halides is 6. The second kappa shape index (κ2) is 13.6. The minimum Gasteiger partial charge on any atom is -0.456 e. The van der Waals surface area contributed by atoms with E-state index in [0.29, 0.717) is 41.9 Å². The number of nitrogens with zero attached hydrogens (tertiary/aromatic N) is 3. The van der Waals surface area contributed by atoms with Crippen molar-refractivity contribution < 1.29 is 35.8 Å². The summed E-state index contributed by atoms with van der Waals surface area (Å²) in [5, 5.41) is 6.28. The predicted molar refractivity (Wildman–Crippen MR) is 165 cm³/mol. The van der Waals surface area contributed by atoms with Crippen LogP contribution in [0.15, 0.2) is 60.0 Å². The average Bonchev–Trinajstić information content (AvgIpc) is 3.05. The van der Waals surface area contributed by atoms with Crippen molar-refractivity contribution in [2.45, 2.75) is 76.1 Å². The molecule has 6 rings (SSSR count). The molecule has 2 saturated heterocycles. The summed E-state index contributed by atoms with van der Waals surface area (Å²) in [6.07, 6.45) is -3.68. The van der Waals surface area contributed by atoms with E-state index in [0.717, 1.165) is 49.3 Å². The molecule has 2 aromatic rings. The Bertz CT molecular complexity index is 1490. The van der Waals surface area contributed by atoms with Gasteiger partial charge in [0, 0.05) is 47.8 Å². The van der Waals surface area contributed by atoms with Gasteiger partial charge in [-0.1, -0.05) is 24.6 Å². The number of hydrogen-bond acceptors (Lipinski definition) is 6. The first-order valence-electron chi connectivity index (χ1n) is 16.2. The minimum atomic E-state index is -5.00. The Kier molecular flexibility index (Phi) is 9.69. The fourth-order valence-electron chi connectivity index (χ4n) is 7.20. The van der Waals surface area contributed by atoms with Crippen LogP contribution in [0.3, 0.4) is 0 Å². The molecular formula is C34H40F6N5O2+. The molecule has 4 heterocycles. The molecule has 0 bridgehead atoms. The SMILES string of the molecule is Cc1ccccc1C1=CC(N2CCC(N3CCCCC3)CC2)OC2=C(CNCN2)C(Cc2cc(C(F)(F)F)cc(C(F)(F)F)c2)[N+]1=O. The van der Waals surface area contributed by atoms with E-state index >= 15 is 0 Å². The van der Waals surface area contributed by atoms with Gasteiger partial charge in [-0.15, -0.1) is 0 Å². The largest absolute Gasteiger partial charge is 0.456 e. The van der Waals surface area contributed by atoms with Crippen molar-refractivity contribution in [3.8, 4) is 0 Å². The molecule has 47 heavy (non-hydrogen) atoms. The highest BCUT2D eigenvalue weighted by Crippen LogP contribution is 2.38. The standard InChI is InChI=1S/C34H40F6N5O2/c1-22-7-3-4-8-27(22)30-19-31(44-13-9-26(10-14-44)43-11-5-2-6-12-43)47-32-28(20-41-21-42-32)29(45(30)46)17-23-15-24(33(35,36)37)18-25(16-23)34(38,39)40/h3-4,7-8,15-16,18-19,26,29,31,41-42H,2,5-6,9-14,17,20-21H2,1H3/q+1. The van der Waals surface area contributed by atoms with Crippen LogP contribution in [-0.2, 0) is 23.5 Å². The Morgan fingerprint density at radius 2 is 1.55 bits per heavy atom. The molecule has 0 saturated carbocycles. The Labute approximate surface area is 270 Å². The number of hydrogen-bond donors (Lipinski definition) is 2. The first-order valence-corrected chi connectivity index (χ1v) is 16.2. The molecule has 0 aliphatic carbocycles. The minimum absolute atomic E-state index is 0.103. The number of likely N-dealkylation sites (tertiary alicyclic amines) is 2. The van der Waals surface area contributed by atoms with E-state index in [9.17, 15) is 31.2 Å². The Morgan fingerprint density at radius 3 is 2.19 bits per heavy atom. The number of nitrogens with one attached hydrogen (secondary N) is 2.